The Kier molecular flexibility index (Phi) is 4.76. The van der Waals surface area contributed by atoms with Gasteiger partial charge in [0.1, 0.15) is 10.7 Å². The van der Waals surface area contributed by atoms with Gasteiger partial charge in [0.2, 0.25) is 10.0 Å². The van der Waals surface area contributed by atoms with Gasteiger partial charge in [0, 0.05) is 25.8 Å². The molecule has 4 bridgehead atoms. The smallest absolute Gasteiger partial charge is 0.244 e. The van der Waals surface area contributed by atoms with Crippen LogP contribution < -0.4 is 5.32 Å². The van der Waals surface area contributed by atoms with Crippen LogP contribution in [0.4, 0.5) is 5.82 Å². The molecule has 0 unspecified atom stereocenters. The number of anilines is 1. The minimum absolute atomic E-state index is 0.279. The third-order valence-electron chi connectivity index (χ3n) is 6.89. The lowest BCUT2D eigenvalue weighted by Gasteiger charge is -2.57. The molecule has 6 heteroatoms. The SMILES string of the molecule is CCN(CC)S(=O)(=O)c1ccc(NCC23CC4CC(CC(C4)C2)C3)nc1. The maximum atomic E-state index is 12.6. The number of sulfonamides is 1. The summed E-state index contributed by atoms with van der Waals surface area (Å²) in [5.41, 5.74) is 0.447. The molecular formula is C20H31N3O2S. The minimum atomic E-state index is -3.43. The first kappa shape index (κ1) is 18.2. The maximum absolute atomic E-state index is 12.6. The first-order chi connectivity index (χ1) is 12.4. The lowest BCUT2D eigenvalue weighted by Crippen LogP contribution is -2.49. The number of rotatable bonds is 7. The molecule has 0 atom stereocenters. The second kappa shape index (κ2) is 6.79. The molecule has 0 amide bonds. The molecule has 1 heterocycles. The number of nitrogens with one attached hydrogen (secondary N) is 1. The Labute approximate surface area is 157 Å². The molecule has 144 valence electrons. The summed E-state index contributed by atoms with van der Waals surface area (Å²) in [5, 5.41) is 3.52. The van der Waals surface area contributed by atoms with Crippen molar-refractivity contribution in [2.75, 3.05) is 25.0 Å². The molecule has 1 N–H and O–H groups in total. The molecule has 4 aliphatic rings. The van der Waals surface area contributed by atoms with Crippen LogP contribution in [0.3, 0.4) is 0 Å². The van der Waals surface area contributed by atoms with Gasteiger partial charge in [-0.1, -0.05) is 13.8 Å². The molecule has 4 aliphatic carbocycles. The first-order valence-corrected chi connectivity index (χ1v) is 11.6. The van der Waals surface area contributed by atoms with Gasteiger partial charge in [0.15, 0.2) is 0 Å². The van der Waals surface area contributed by atoms with Gasteiger partial charge in [0.05, 0.1) is 0 Å². The zero-order valence-corrected chi connectivity index (χ0v) is 16.8. The Bertz CT molecular complexity index is 706. The van der Waals surface area contributed by atoms with Crippen LogP contribution >= 0.6 is 0 Å². The summed E-state index contributed by atoms with van der Waals surface area (Å²) in [6, 6.07) is 3.50. The Balaban J connectivity index is 1.42. The van der Waals surface area contributed by atoms with Gasteiger partial charge in [-0.2, -0.15) is 4.31 Å². The summed E-state index contributed by atoms with van der Waals surface area (Å²) in [4.78, 5) is 4.68. The molecule has 1 aromatic rings. The summed E-state index contributed by atoms with van der Waals surface area (Å²) >= 11 is 0. The third kappa shape index (κ3) is 3.26. The Morgan fingerprint density at radius 2 is 1.65 bits per heavy atom. The van der Waals surface area contributed by atoms with E-state index < -0.39 is 10.0 Å². The van der Waals surface area contributed by atoms with Crippen molar-refractivity contribution in [3.8, 4) is 0 Å². The Morgan fingerprint density at radius 3 is 2.12 bits per heavy atom. The first-order valence-electron chi connectivity index (χ1n) is 10.1. The van der Waals surface area contributed by atoms with Crippen molar-refractivity contribution in [3.05, 3.63) is 18.3 Å². The van der Waals surface area contributed by atoms with E-state index in [1.165, 1.54) is 49.0 Å². The van der Waals surface area contributed by atoms with Crippen molar-refractivity contribution in [1.82, 2.24) is 9.29 Å². The number of aromatic nitrogens is 1. The molecule has 0 aliphatic heterocycles. The molecule has 0 spiro atoms. The topological polar surface area (TPSA) is 62.3 Å². The van der Waals surface area contributed by atoms with E-state index in [9.17, 15) is 8.42 Å². The van der Waals surface area contributed by atoms with Crippen molar-refractivity contribution in [2.45, 2.75) is 57.3 Å². The van der Waals surface area contributed by atoms with E-state index in [1.807, 2.05) is 19.9 Å². The summed E-state index contributed by atoms with van der Waals surface area (Å²) < 4.78 is 26.6. The van der Waals surface area contributed by atoms with Crippen molar-refractivity contribution >= 4 is 15.8 Å². The molecule has 1 aromatic heterocycles. The van der Waals surface area contributed by atoms with Crippen LogP contribution in [0.2, 0.25) is 0 Å². The summed E-state index contributed by atoms with van der Waals surface area (Å²) in [7, 11) is -3.43. The van der Waals surface area contributed by atoms with E-state index in [0.717, 1.165) is 30.1 Å². The van der Waals surface area contributed by atoms with Crippen LogP contribution in [0.1, 0.15) is 52.4 Å². The van der Waals surface area contributed by atoms with Crippen LogP contribution in [0.5, 0.6) is 0 Å². The highest BCUT2D eigenvalue weighted by Crippen LogP contribution is 2.59. The van der Waals surface area contributed by atoms with Crippen LogP contribution in [0.25, 0.3) is 0 Å². The lowest BCUT2D eigenvalue weighted by atomic mass is 9.49. The van der Waals surface area contributed by atoms with E-state index in [2.05, 4.69) is 10.3 Å². The van der Waals surface area contributed by atoms with Gasteiger partial charge >= 0.3 is 0 Å². The average molecular weight is 378 g/mol. The van der Waals surface area contributed by atoms with Gasteiger partial charge in [-0.25, -0.2) is 13.4 Å². The predicted molar refractivity (Wildman–Crippen MR) is 103 cm³/mol. The second-order valence-electron chi connectivity index (χ2n) is 8.74. The van der Waals surface area contributed by atoms with Crippen molar-refractivity contribution in [1.29, 1.82) is 0 Å². The fourth-order valence-electron chi connectivity index (χ4n) is 6.13. The van der Waals surface area contributed by atoms with Gasteiger partial charge in [-0.15, -0.1) is 0 Å². The summed E-state index contributed by atoms with van der Waals surface area (Å²) in [6.45, 7) is 5.65. The number of nitrogens with zero attached hydrogens (tertiary/aromatic N) is 2. The predicted octanol–water partition coefficient (Wildman–Crippen LogP) is 3.74. The Morgan fingerprint density at radius 1 is 1.08 bits per heavy atom. The summed E-state index contributed by atoms with van der Waals surface area (Å²) in [5.74, 6) is 3.62. The molecule has 0 aromatic carbocycles. The molecule has 5 nitrogen and oxygen atoms in total. The van der Waals surface area contributed by atoms with E-state index in [0.29, 0.717) is 18.5 Å². The van der Waals surface area contributed by atoms with Gasteiger partial charge in [-0.05, 0) is 73.8 Å². The third-order valence-corrected chi connectivity index (χ3v) is 8.92. The molecule has 26 heavy (non-hydrogen) atoms. The molecule has 5 rings (SSSR count). The Hall–Kier alpha value is -1.14. The van der Waals surface area contributed by atoms with Crippen LogP contribution in [0.15, 0.2) is 23.2 Å². The summed E-state index contributed by atoms with van der Waals surface area (Å²) in [6.07, 6.45) is 9.94. The largest absolute Gasteiger partial charge is 0.370 e. The standard InChI is InChI=1S/C20H31N3O2S/c1-3-23(4-2)26(24,25)18-5-6-19(21-13-18)22-14-20-10-15-7-16(11-20)9-17(8-15)12-20/h5-6,13,15-17H,3-4,7-12,14H2,1-2H3,(H,21,22). The van der Waals surface area contributed by atoms with Crippen LogP contribution in [0, 0.1) is 23.2 Å². The molecule has 0 saturated heterocycles. The normalized spacial score (nSPS) is 33.0. The van der Waals surface area contributed by atoms with Gasteiger partial charge < -0.3 is 5.32 Å². The van der Waals surface area contributed by atoms with E-state index in [4.69, 9.17) is 0 Å². The number of hydrogen-bond acceptors (Lipinski definition) is 4. The fraction of sp³-hybridized carbons (Fsp3) is 0.750. The van der Waals surface area contributed by atoms with Gasteiger partial charge in [0.25, 0.3) is 0 Å². The zero-order valence-electron chi connectivity index (χ0n) is 15.9. The zero-order chi connectivity index (χ0) is 18.4. The number of pyridine rings is 1. The molecule has 4 fully saturated rings. The highest BCUT2D eigenvalue weighted by molar-refractivity contribution is 7.89. The monoisotopic (exact) mass is 377 g/mol. The average Bonchev–Trinajstić information content (AvgIpc) is 2.60. The van der Waals surface area contributed by atoms with E-state index in [-0.39, 0.29) is 4.90 Å². The minimum Gasteiger partial charge on any atom is -0.370 e. The van der Waals surface area contributed by atoms with Crippen LogP contribution in [-0.4, -0.2) is 37.3 Å². The molecule has 0 radical (unpaired) electrons. The molecule has 4 saturated carbocycles. The quantitative estimate of drug-likeness (QED) is 0.786. The highest BCUT2D eigenvalue weighted by Gasteiger charge is 2.50. The van der Waals surface area contributed by atoms with Gasteiger partial charge in [-0.3, -0.25) is 0 Å². The maximum Gasteiger partial charge on any atom is 0.244 e. The van der Waals surface area contributed by atoms with E-state index in [1.54, 1.807) is 6.07 Å². The fourth-order valence-corrected chi connectivity index (χ4v) is 7.54. The highest BCUT2D eigenvalue weighted by atomic mass is 32.2. The van der Waals surface area contributed by atoms with Crippen molar-refractivity contribution < 1.29 is 8.42 Å². The molecular weight excluding hydrogens is 346 g/mol. The van der Waals surface area contributed by atoms with Crippen molar-refractivity contribution in [2.24, 2.45) is 23.2 Å². The number of hydrogen-bond donors (Lipinski definition) is 1. The van der Waals surface area contributed by atoms with E-state index >= 15 is 0 Å². The van der Waals surface area contributed by atoms with Crippen LogP contribution in [-0.2, 0) is 10.0 Å². The second-order valence-corrected chi connectivity index (χ2v) is 10.7. The lowest BCUT2D eigenvalue weighted by molar-refractivity contribution is -0.0444. The van der Waals surface area contributed by atoms with Crippen molar-refractivity contribution in [3.63, 3.8) is 0 Å².